The van der Waals surface area contributed by atoms with E-state index in [1.165, 1.54) is 0 Å². The van der Waals surface area contributed by atoms with Crippen LogP contribution >= 0.6 is 0 Å². The molecular formula is C19H21N3O3. The van der Waals surface area contributed by atoms with Crippen LogP contribution in [0.2, 0.25) is 0 Å². The molecule has 0 fully saturated rings. The number of hydrogen-bond acceptors (Lipinski definition) is 3. The van der Waals surface area contributed by atoms with Gasteiger partial charge in [0.2, 0.25) is 0 Å². The van der Waals surface area contributed by atoms with E-state index in [4.69, 9.17) is 10.2 Å². The van der Waals surface area contributed by atoms with Gasteiger partial charge in [0.1, 0.15) is 11.2 Å². The smallest absolute Gasteiger partial charge is 0.319 e. The first-order valence-electron chi connectivity index (χ1n) is 8.40. The molecule has 0 spiro atoms. The summed E-state index contributed by atoms with van der Waals surface area (Å²) in [6, 6.07) is 10.4. The van der Waals surface area contributed by atoms with Gasteiger partial charge in [-0.25, -0.2) is 4.79 Å². The SMILES string of the molecule is CCCCCNC(=O)Nc1ccc2oc3ccccc3c2c1C(N)=O. The highest BCUT2D eigenvalue weighted by Crippen LogP contribution is 2.34. The number of amides is 3. The van der Waals surface area contributed by atoms with Crippen molar-refractivity contribution in [3.63, 3.8) is 0 Å². The van der Waals surface area contributed by atoms with Crippen LogP contribution in [0.5, 0.6) is 0 Å². The first-order valence-corrected chi connectivity index (χ1v) is 8.40. The molecule has 0 atom stereocenters. The second-order valence-corrected chi connectivity index (χ2v) is 5.91. The van der Waals surface area contributed by atoms with Crippen molar-refractivity contribution in [1.82, 2.24) is 5.32 Å². The Labute approximate surface area is 145 Å². The molecule has 3 amide bonds. The Balaban J connectivity index is 1.95. The number of anilines is 1. The molecule has 0 aliphatic rings. The van der Waals surface area contributed by atoms with Crippen LogP contribution < -0.4 is 16.4 Å². The summed E-state index contributed by atoms with van der Waals surface area (Å²) < 4.78 is 5.76. The first kappa shape index (κ1) is 16.8. The lowest BCUT2D eigenvalue weighted by molar-refractivity contribution is 0.100. The molecule has 1 heterocycles. The topological polar surface area (TPSA) is 97.4 Å². The molecule has 6 nitrogen and oxygen atoms in total. The monoisotopic (exact) mass is 339 g/mol. The number of furan rings is 1. The van der Waals surface area contributed by atoms with Crippen LogP contribution in [-0.4, -0.2) is 18.5 Å². The number of hydrogen-bond donors (Lipinski definition) is 3. The summed E-state index contributed by atoms with van der Waals surface area (Å²) in [5.74, 6) is -0.613. The van der Waals surface area contributed by atoms with Crippen molar-refractivity contribution in [3.05, 3.63) is 42.0 Å². The minimum absolute atomic E-state index is 0.256. The molecule has 0 aliphatic heterocycles. The van der Waals surface area contributed by atoms with E-state index >= 15 is 0 Å². The number of unbranched alkanes of at least 4 members (excludes halogenated alkanes) is 2. The van der Waals surface area contributed by atoms with E-state index in [0.29, 0.717) is 28.8 Å². The van der Waals surface area contributed by atoms with E-state index < -0.39 is 5.91 Å². The number of nitrogens with one attached hydrogen (secondary N) is 2. The summed E-state index contributed by atoms with van der Waals surface area (Å²) in [6.07, 6.45) is 3.05. The lowest BCUT2D eigenvalue weighted by Gasteiger charge is -2.11. The quantitative estimate of drug-likeness (QED) is 0.592. The van der Waals surface area contributed by atoms with Gasteiger partial charge in [-0.15, -0.1) is 0 Å². The number of urea groups is 1. The van der Waals surface area contributed by atoms with Crippen LogP contribution in [0, 0.1) is 0 Å². The minimum atomic E-state index is -0.613. The van der Waals surface area contributed by atoms with E-state index in [0.717, 1.165) is 24.6 Å². The molecule has 0 saturated heterocycles. The number of nitrogens with two attached hydrogens (primary N) is 1. The molecule has 0 aliphatic carbocycles. The number of rotatable bonds is 6. The van der Waals surface area contributed by atoms with Crippen molar-refractivity contribution >= 4 is 39.6 Å². The molecule has 2 aromatic carbocycles. The predicted octanol–water partition coefficient (Wildman–Crippen LogP) is 4.00. The molecule has 130 valence electrons. The number of fused-ring (bicyclic) bond motifs is 3. The molecule has 6 heteroatoms. The van der Waals surface area contributed by atoms with Gasteiger partial charge in [-0.05, 0) is 24.6 Å². The number of benzene rings is 2. The van der Waals surface area contributed by atoms with Gasteiger partial charge < -0.3 is 20.8 Å². The van der Waals surface area contributed by atoms with E-state index in [9.17, 15) is 9.59 Å². The molecule has 0 bridgehead atoms. The van der Waals surface area contributed by atoms with Gasteiger partial charge in [-0.2, -0.15) is 0 Å². The van der Waals surface area contributed by atoms with Crippen LogP contribution in [0.3, 0.4) is 0 Å². The lowest BCUT2D eigenvalue weighted by Crippen LogP contribution is -2.30. The largest absolute Gasteiger partial charge is 0.456 e. The van der Waals surface area contributed by atoms with Gasteiger partial charge >= 0.3 is 6.03 Å². The van der Waals surface area contributed by atoms with Crippen LogP contribution in [0.25, 0.3) is 21.9 Å². The zero-order chi connectivity index (χ0) is 17.8. The third kappa shape index (κ3) is 3.42. The number of carbonyl (C=O) groups excluding carboxylic acids is 2. The van der Waals surface area contributed by atoms with Crippen LogP contribution in [0.4, 0.5) is 10.5 Å². The summed E-state index contributed by atoms with van der Waals surface area (Å²) in [5.41, 5.74) is 7.45. The summed E-state index contributed by atoms with van der Waals surface area (Å²) in [4.78, 5) is 24.2. The van der Waals surface area contributed by atoms with Crippen molar-refractivity contribution in [1.29, 1.82) is 0 Å². The van der Waals surface area contributed by atoms with Crippen molar-refractivity contribution in [2.24, 2.45) is 5.73 Å². The third-order valence-electron chi connectivity index (χ3n) is 4.10. The molecule has 4 N–H and O–H groups in total. The van der Waals surface area contributed by atoms with Gasteiger partial charge in [0.05, 0.1) is 11.3 Å². The average Bonchev–Trinajstić information content (AvgIpc) is 2.97. The zero-order valence-electron chi connectivity index (χ0n) is 14.1. The van der Waals surface area contributed by atoms with Crippen LogP contribution in [0.1, 0.15) is 36.5 Å². The number of primary amides is 1. The molecule has 3 aromatic rings. The Hall–Kier alpha value is -3.02. The third-order valence-corrected chi connectivity index (χ3v) is 4.10. The Bertz CT molecular complexity index is 930. The molecule has 0 saturated carbocycles. The number of para-hydroxylation sites is 1. The predicted molar refractivity (Wildman–Crippen MR) is 98.8 cm³/mol. The van der Waals surface area contributed by atoms with Gasteiger partial charge in [-0.3, -0.25) is 4.79 Å². The summed E-state index contributed by atoms with van der Waals surface area (Å²) in [7, 11) is 0. The molecule has 3 rings (SSSR count). The highest BCUT2D eigenvalue weighted by Gasteiger charge is 2.19. The zero-order valence-corrected chi connectivity index (χ0v) is 14.1. The minimum Gasteiger partial charge on any atom is -0.456 e. The lowest BCUT2D eigenvalue weighted by atomic mass is 10.0. The van der Waals surface area contributed by atoms with Gasteiger partial charge in [-0.1, -0.05) is 38.0 Å². The second kappa shape index (κ2) is 7.25. The van der Waals surface area contributed by atoms with Crippen molar-refractivity contribution in [3.8, 4) is 0 Å². The summed E-state index contributed by atoms with van der Waals surface area (Å²) in [6.45, 7) is 2.69. The van der Waals surface area contributed by atoms with Crippen molar-refractivity contribution < 1.29 is 14.0 Å². The standard InChI is InChI=1S/C19H21N3O3/c1-2-3-6-11-21-19(24)22-13-9-10-15-16(17(13)18(20)23)12-7-4-5-8-14(12)25-15/h4-5,7-10H,2-3,6,11H2,1H3,(H2,20,23)(H2,21,22,24). The highest BCUT2D eigenvalue weighted by atomic mass is 16.3. The fourth-order valence-electron chi connectivity index (χ4n) is 2.92. The Kier molecular flexibility index (Phi) is 4.88. The highest BCUT2D eigenvalue weighted by molar-refractivity contribution is 6.20. The first-order chi connectivity index (χ1) is 12.1. The van der Waals surface area contributed by atoms with E-state index in [1.807, 2.05) is 24.3 Å². The van der Waals surface area contributed by atoms with E-state index in [-0.39, 0.29) is 11.6 Å². The Morgan fingerprint density at radius 3 is 2.64 bits per heavy atom. The van der Waals surface area contributed by atoms with E-state index in [2.05, 4.69) is 17.6 Å². The van der Waals surface area contributed by atoms with Crippen LogP contribution in [0.15, 0.2) is 40.8 Å². The Morgan fingerprint density at radius 2 is 1.88 bits per heavy atom. The maximum atomic E-state index is 12.1. The van der Waals surface area contributed by atoms with Crippen molar-refractivity contribution in [2.45, 2.75) is 26.2 Å². The van der Waals surface area contributed by atoms with Gasteiger partial charge in [0, 0.05) is 17.3 Å². The molecule has 1 aromatic heterocycles. The normalized spacial score (nSPS) is 10.9. The molecule has 0 unspecified atom stereocenters. The van der Waals surface area contributed by atoms with Crippen LogP contribution in [-0.2, 0) is 0 Å². The fraction of sp³-hybridized carbons (Fsp3) is 0.263. The Morgan fingerprint density at radius 1 is 1.08 bits per heavy atom. The van der Waals surface area contributed by atoms with E-state index in [1.54, 1.807) is 12.1 Å². The van der Waals surface area contributed by atoms with Gasteiger partial charge in [0.25, 0.3) is 5.91 Å². The second-order valence-electron chi connectivity index (χ2n) is 5.91. The molecule has 0 radical (unpaired) electrons. The maximum Gasteiger partial charge on any atom is 0.319 e. The van der Waals surface area contributed by atoms with Gasteiger partial charge in [0.15, 0.2) is 0 Å². The molecular weight excluding hydrogens is 318 g/mol. The average molecular weight is 339 g/mol. The molecule has 25 heavy (non-hydrogen) atoms. The summed E-state index contributed by atoms with van der Waals surface area (Å²) >= 11 is 0. The van der Waals surface area contributed by atoms with Crippen molar-refractivity contribution in [2.75, 3.05) is 11.9 Å². The number of carbonyl (C=O) groups is 2. The maximum absolute atomic E-state index is 12.1. The summed E-state index contributed by atoms with van der Waals surface area (Å²) in [5, 5.41) is 6.92. The fourth-order valence-corrected chi connectivity index (χ4v) is 2.92.